The van der Waals surface area contributed by atoms with Gasteiger partial charge in [-0.05, 0) is 24.9 Å². The summed E-state index contributed by atoms with van der Waals surface area (Å²) >= 11 is 5.98. The van der Waals surface area contributed by atoms with E-state index in [4.69, 9.17) is 11.6 Å². The second kappa shape index (κ2) is 6.47. The van der Waals surface area contributed by atoms with Gasteiger partial charge in [-0.25, -0.2) is 4.98 Å². The molecule has 0 unspecified atom stereocenters. The number of rotatable bonds is 6. The van der Waals surface area contributed by atoms with Crippen LogP contribution in [0.25, 0.3) is 5.95 Å². The monoisotopic (exact) mass is 280 g/mol. The SMILES string of the molecule is CCCCN(CC)c1nc(Cl)nc(-n2ccnc2)n1. The molecule has 0 saturated heterocycles. The summed E-state index contributed by atoms with van der Waals surface area (Å²) in [5, 5.41) is 0.198. The molecule has 0 saturated carbocycles. The first-order valence-corrected chi connectivity index (χ1v) is 6.77. The van der Waals surface area contributed by atoms with E-state index in [0.717, 1.165) is 25.9 Å². The number of hydrogen-bond donors (Lipinski definition) is 0. The molecular weight excluding hydrogens is 264 g/mol. The molecule has 2 aromatic heterocycles. The van der Waals surface area contributed by atoms with Gasteiger partial charge in [0, 0.05) is 25.5 Å². The van der Waals surface area contributed by atoms with Crippen molar-refractivity contribution in [3.8, 4) is 5.95 Å². The third-order valence-electron chi connectivity index (χ3n) is 2.77. The van der Waals surface area contributed by atoms with E-state index in [1.54, 1.807) is 23.3 Å². The van der Waals surface area contributed by atoms with Crippen molar-refractivity contribution in [2.45, 2.75) is 26.7 Å². The Bertz CT molecular complexity index is 513. The Morgan fingerprint density at radius 3 is 2.74 bits per heavy atom. The molecule has 19 heavy (non-hydrogen) atoms. The highest BCUT2D eigenvalue weighted by Crippen LogP contribution is 2.14. The van der Waals surface area contributed by atoms with Crippen LogP contribution in [0, 0.1) is 0 Å². The molecule has 6 nitrogen and oxygen atoms in total. The third kappa shape index (κ3) is 3.41. The van der Waals surface area contributed by atoms with Crippen molar-refractivity contribution < 1.29 is 0 Å². The van der Waals surface area contributed by atoms with E-state index in [9.17, 15) is 0 Å². The van der Waals surface area contributed by atoms with E-state index in [0.29, 0.717) is 11.9 Å². The number of unbranched alkanes of at least 4 members (excludes halogenated alkanes) is 1. The summed E-state index contributed by atoms with van der Waals surface area (Å²) in [5.41, 5.74) is 0. The van der Waals surface area contributed by atoms with Crippen LogP contribution in [0.4, 0.5) is 5.95 Å². The molecule has 2 aromatic rings. The largest absolute Gasteiger partial charge is 0.341 e. The molecule has 0 atom stereocenters. The zero-order valence-corrected chi connectivity index (χ0v) is 11.9. The third-order valence-corrected chi connectivity index (χ3v) is 2.94. The predicted octanol–water partition coefficient (Wildman–Crippen LogP) is 2.34. The Balaban J connectivity index is 2.30. The minimum Gasteiger partial charge on any atom is -0.341 e. The van der Waals surface area contributed by atoms with Gasteiger partial charge in [-0.2, -0.15) is 15.0 Å². The smallest absolute Gasteiger partial charge is 0.241 e. The molecule has 0 aliphatic carbocycles. The molecule has 0 amide bonds. The van der Waals surface area contributed by atoms with Crippen molar-refractivity contribution in [3.05, 3.63) is 24.0 Å². The van der Waals surface area contributed by atoms with E-state index in [1.165, 1.54) is 0 Å². The van der Waals surface area contributed by atoms with Crippen LogP contribution < -0.4 is 4.90 Å². The fourth-order valence-corrected chi connectivity index (χ4v) is 1.86. The van der Waals surface area contributed by atoms with Crippen LogP contribution in [-0.4, -0.2) is 37.6 Å². The molecule has 7 heteroatoms. The van der Waals surface area contributed by atoms with Crippen molar-refractivity contribution in [2.24, 2.45) is 0 Å². The highest BCUT2D eigenvalue weighted by molar-refractivity contribution is 6.28. The summed E-state index contributed by atoms with van der Waals surface area (Å²) in [6, 6.07) is 0. The van der Waals surface area contributed by atoms with Crippen LogP contribution >= 0.6 is 11.6 Å². The molecule has 0 N–H and O–H groups in total. The molecule has 102 valence electrons. The van der Waals surface area contributed by atoms with Gasteiger partial charge in [0.2, 0.25) is 17.2 Å². The first kappa shape index (κ1) is 13.7. The van der Waals surface area contributed by atoms with Crippen LogP contribution in [0.1, 0.15) is 26.7 Å². The number of halogens is 1. The summed E-state index contributed by atoms with van der Waals surface area (Å²) in [6.07, 6.45) is 7.31. The van der Waals surface area contributed by atoms with Gasteiger partial charge >= 0.3 is 0 Å². The van der Waals surface area contributed by atoms with Gasteiger partial charge < -0.3 is 4.90 Å². The zero-order valence-electron chi connectivity index (χ0n) is 11.1. The summed E-state index contributed by atoms with van der Waals surface area (Å²) in [6.45, 7) is 5.98. The maximum absolute atomic E-state index is 5.98. The number of aromatic nitrogens is 5. The second-order valence-corrected chi connectivity index (χ2v) is 4.45. The minimum atomic E-state index is 0.198. The van der Waals surface area contributed by atoms with Gasteiger partial charge in [-0.15, -0.1) is 0 Å². The van der Waals surface area contributed by atoms with Crippen LogP contribution in [0.5, 0.6) is 0 Å². The van der Waals surface area contributed by atoms with E-state index in [-0.39, 0.29) is 5.28 Å². The number of imidazole rings is 1. The standard InChI is InChI=1S/C12H17ClN6/c1-3-5-7-18(4-2)11-15-10(13)16-12(17-11)19-8-6-14-9-19/h6,8-9H,3-5,7H2,1-2H3. The zero-order chi connectivity index (χ0) is 13.7. The molecule has 0 bridgehead atoms. The quantitative estimate of drug-likeness (QED) is 0.813. The lowest BCUT2D eigenvalue weighted by Crippen LogP contribution is -2.26. The van der Waals surface area contributed by atoms with Crippen molar-refractivity contribution in [1.82, 2.24) is 24.5 Å². The Kier molecular flexibility index (Phi) is 4.68. The lowest BCUT2D eigenvalue weighted by atomic mass is 10.3. The first-order chi connectivity index (χ1) is 9.24. The number of hydrogen-bond acceptors (Lipinski definition) is 5. The summed E-state index contributed by atoms with van der Waals surface area (Å²) in [7, 11) is 0. The maximum Gasteiger partial charge on any atom is 0.241 e. The lowest BCUT2D eigenvalue weighted by molar-refractivity contribution is 0.707. The van der Waals surface area contributed by atoms with Crippen LogP contribution in [-0.2, 0) is 0 Å². The van der Waals surface area contributed by atoms with Gasteiger partial charge in [0.05, 0.1) is 0 Å². The molecule has 0 fully saturated rings. The minimum absolute atomic E-state index is 0.198. The van der Waals surface area contributed by atoms with Gasteiger partial charge in [-0.3, -0.25) is 4.57 Å². The molecule has 0 aliphatic heterocycles. The van der Waals surface area contributed by atoms with Crippen molar-refractivity contribution >= 4 is 17.5 Å². The van der Waals surface area contributed by atoms with E-state index in [2.05, 4.69) is 38.7 Å². The van der Waals surface area contributed by atoms with Crippen LogP contribution in [0.3, 0.4) is 0 Å². The fourth-order valence-electron chi connectivity index (χ4n) is 1.71. The fraction of sp³-hybridized carbons (Fsp3) is 0.500. The average Bonchev–Trinajstić information content (AvgIpc) is 2.93. The second-order valence-electron chi connectivity index (χ2n) is 4.11. The van der Waals surface area contributed by atoms with E-state index in [1.807, 2.05) is 0 Å². The van der Waals surface area contributed by atoms with E-state index < -0.39 is 0 Å². The van der Waals surface area contributed by atoms with Crippen molar-refractivity contribution in [2.75, 3.05) is 18.0 Å². The van der Waals surface area contributed by atoms with Gasteiger partial charge in [0.1, 0.15) is 6.33 Å². The molecular formula is C12H17ClN6. The molecule has 0 spiro atoms. The first-order valence-electron chi connectivity index (χ1n) is 6.39. The molecule has 0 radical (unpaired) electrons. The van der Waals surface area contributed by atoms with Crippen LogP contribution in [0.2, 0.25) is 5.28 Å². The van der Waals surface area contributed by atoms with E-state index >= 15 is 0 Å². The highest BCUT2D eigenvalue weighted by Gasteiger charge is 2.12. The topological polar surface area (TPSA) is 59.7 Å². The molecule has 2 rings (SSSR count). The van der Waals surface area contributed by atoms with Gasteiger partial charge in [0.25, 0.3) is 0 Å². The van der Waals surface area contributed by atoms with Gasteiger partial charge in [-0.1, -0.05) is 13.3 Å². The van der Waals surface area contributed by atoms with Crippen molar-refractivity contribution in [3.63, 3.8) is 0 Å². The normalized spacial score (nSPS) is 10.7. The van der Waals surface area contributed by atoms with Crippen molar-refractivity contribution in [1.29, 1.82) is 0 Å². The van der Waals surface area contributed by atoms with Crippen LogP contribution in [0.15, 0.2) is 18.7 Å². The number of nitrogens with zero attached hydrogens (tertiary/aromatic N) is 6. The molecule has 0 aliphatic rings. The Morgan fingerprint density at radius 1 is 1.26 bits per heavy atom. The Labute approximate surface area is 117 Å². The average molecular weight is 281 g/mol. The predicted molar refractivity (Wildman–Crippen MR) is 74.8 cm³/mol. The summed E-state index contributed by atoms with van der Waals surface area (Å²) in [4.78, 5) is 18.8. The molecule has 2 heterocycles. The summed E-state index contributed by atoms with van der Waals surface area (Å²) < 4.78 is 1.71. The highest BCUT2D eigenvalue weighted by atomic mass is 35.5. The number of anilines is 1. The van der Waals surface area contributed by atoms with Gasteiger partial charge in [0.15, 0.2) is 0 Å². The molecule has 0 aromatic carbocycles. The Hall–Kier alpha value is -1.69. The maximum atomic E-state index is 5.98. The summed E-state index contributed by atoms with van der Waals surface area (Å²) in [5.74, 6) is 1.10. The lowest BCUT2D eigenvalue weighted by Gasteiger charge is -2.20. The Morgan fingerprint density at radius 2 is 2.11 bits per heavy atom.